The van der Waals surface area contributed by atoms with E-state index in [-0.39, 0.29) is 17.4 Å². The summed E-state index contributed by atoms with van der Waals surface area (Å²) in [5.41, 5.74) is 0.703. The number of fused-ring (bicyclic) bond motifs is 1. The van der Waals surface area contributed by atoms with Gasteiger partial charge in [-0.25, -0.2) is 13.1 Å². The number of piperidine rings is 1. The Morgan fingerprint density at radius 3 is 2.61 bits per heavy atom. The molecule has 1 spiro atoms. The third-order valence-electron chi connectivity index (χ3n) is 5.11. The average molecular weight is 338 g/mol. The maximum absolute atomic E-state index is 12.1. The monoisotopic (exact) mass is 338 g/mol. The number of likely N-dealkylation sites (tertiary alicyclic amines) is 1. The standard InChI is InChI=1S/C17H26N2O3S/c1-3-19-11-9-17(10-12-19)13-15(18-23(20,21)4-2)14-7-5-6-8-16(14)22-17/h5-8,15,18H,3-4,9-13H2,1-2H3. The third-order valence-corrected chi connectivity index (χ3v) is 6.52. The van der Waals surface area contributed by atoms with Crippen molar-refractivity contribution in [2.75, 3.05) is 25.4 Å². The molecule has 1 N–H and O–H groups in total. The van der Waals surface area contributed by atoms with E-state index in [1.165, 1.54) is 0 Å². The molecule has 0 aliphatic carbocycles. The van der Waals surface area contributed by atoms with Crippen LogP contribution in [0.25, 0.3) is 0 Å². The quantitative estimate of drug-likeness (QED) is 0.915. The van der Waals surface area contributed by atoms with Crippen LogP contribution in [0.3, 0.4) is 0 Å². The normalized spacial score (nSPS) is 24.2. The highest BCUT2D eigenvalue weighted by Crippen LogP contribution is 2.44. The zero-order valence-electron chi connectivity index (χ0n) is 13.9. The van der Waals surface area contributed by atoms with E-state index in [1.54, 1.807) is 6.92 Å². The highest BCUT2D eigenvalue weighted by Gasteiger charge is 2.43. The van der Waals surface area contributed by atoms with Crippen molar-refractivity contribution < 1.29 is 13.2 Å². The van der Waals surface area contributed by atoms with Gasteiger partial charge in [0, 0.05) is 25.1 Å². The Kier molecular flexibility index (Phi) is 4.67. The van der Waals surface area contributed by atoms with E-state index in [2.05, 4.69) is 16.5 Å². The number of rotatable bonds is 4. The van der Waals surface area contributed by atoms with Gasteiger partial charge in [-0.3, -0.25) is 0 Å². The Morgan fingerprint density at radius 2 is 1.96 bits per heavy atom. The average Bonchev–Trinajstić information content (AvgIpc) is 2.55. The number of para-hydroxylation sites is 1. The van der Waals surface area contributed by atoms with Crippen LogP contribution in [-0.4, -0.2) is 44.3 Å². The van der Waals surface area contributed by atoms with E-state index >= 15 is 0 Å². The lowest BCUT2D eigenvalue weighted by molar-refractivity contribution is -0.0220. The van der Waals surface area contributed by atoms with Crippen LogP contribution in [0.15, 0.2) is 24.3 Å². The molecular formula is C17H26N2O3S. The van der Waals surface area contributed by atoms with Crippen molar-refractivity contribution in [2.45, 2.75) is 44.8 Å². The molecular weight excluding hydrogens is 312 g/mol. The summed E-state index contributed by atoms with van der Waals surface area (Å²) < 4.78 is 33.4. The summed E-state index contributed by atoms with van der Waals surface area (Å²) in [5, 5.41) is 0. The molecule has 0 saturated carbocycles. The SMILES string of the molecule is CCN1CCC2(CC1)CC(NS(=O)(=O)CC)c1ccccc1O2. The summed E-state index contributed by atoms with van der Waals surface area (Å²) in [7, 11) is -3.25. The van der Waals surface area contributed by atoms with Gasteiger partial charge in [-0.2, -0.15) is 0 Å². The van der Waals surface area contributed by atoms with Gasteiger partial charge in [0.2, 0.25) is 10.0 Å². The van der Waals surface area contributed by atoms with Crippen molar-refractivity contribution in [1.29, 1.82) is 0 Å². The number of hydrogen-bond donors (Lipinski definition) is 1. The zero-order chi connectivity index (χ0) is 16.5. The first-order valence-electron chi connectivity index (χ1n) is 8.47. The molecule has 2 aliphatic rings. The molecule has 1 aromatic carbocycles. The second-order valence-electron chi connectivity index (χ2n) is 6.54. The van der Waals surface area contributed by atoms with Crippen LogP contribution in [0.1, 0.15) is 44.7 Å². The fourth-order valence-electron chi connectivity index (χ4n) is 3.61. The molecule has 1 atom stereocenters. The molecule has 3 rings (SSSR count). The second kappa shape index (κ2) is 6.42. The lowest BCUT2D eigenvalue weighted by atomic mass is 9.81. The van der Waals surface area contributed by atoms with Crippen molar-refractivity contribution in [1.82, 2.24) is 9.62 Å². The third kappa shape index (κ3) is 3.54. The molecule has 23 heavy (non-hydrogen) atoms. The van der Waals surface area contributed by atoms with Crippen LogP contribution in [0.5, 0.6) is 5.75 Å². The van der Waals surface area contributed by atoms with E-state index in [0.29, 0.717) is 6.42 Å². The molecule has 1 fully saturated rings. The van der Waals surface area contributed by atoms with Gasteiger partial charge in [-0.15, -0.1) is 0 Å². The number of benzene rings is 1. The summed E-state index contributed by atoms with van der Waals surface area (Å²) >= 11 is 0. The zero-order valence-corrected chi connectivity index (χ0v) is 14.7. The Bertz CT molecular complexity index is 652. The highest BCUT2D eigenvalue weighted by atomic mass is 32.2. The van der Waals surface area contributed by atoms with Gasteiger partial charge in [-0.05, 0) is 32.4 Å². The molecule has 0 radical (unpaired) electrons. The summed E-state index contributed by atoms with van der Waals surface area (Å²) in [6.07, 6.45) is 2.60. The van der Waals surface area contributed by atoms with Crippen LogP contribution in [0.2, 0.25) is 0 Å². The highest BCUT2D eigenvalue weighted by molar-refractivity contribution is 7.89. The van der Waals surface area contributed by atoms with Gasteiger partial charge in [0.15, 0.2) is 0 Å². The van der Waals surface area contributed by atoms with E-state index in [9.17, 15) is 8.42 Å². The predicted molar refractivity (Wildman–Crippen MR) is 91.1 cm³/mol. The summed E-state index contributed by atoms with van der Waals surface area (Å²) in [6, 6.07) is 7.61. The van der Waals surface area contributed by atoms with E-state index in [4.69, 9.17) is 4.74 Å². The van der Waals surface area contributed by atoms with Crippen molar-refractivity contribution >= 4 is 10.0 Å². The fraction of sp³-hybridized carbons (Fsp3) is 0.647. The first kappa shape index (κ1) is 16.7. The fourth-order valence-corrected chi connectivity index (χ4v) is 4.42. The van der Waals surface area contributed by atoms with Crippen LogP contribution in [0.4, 0.5) is 0 Å². The first-order chi connectivity index (χ1) is 11.0. The van der Waals surface area contributed by atoms with Gasteiger partial charge in [0.25, 0.3) is 0 Å². The Hall–Kier alpha value is -1.11. The second-order valence-corrected chi connectivity index (χ2v) is 8.58. The van der Waals surface area contributed by atoms with Crippen molar-refractivity contribution in [2.24, 2.45) is 0 Å². The number of sulfonamides is 1. The smallest absolute Gasteiger partial charge is 0.211 e. The maximum Gasteiger partial charge on any atom is 0.211 e. The molecule has 0 amide bonds. The Balaban J connectivity index is 1.88. The van der Waals surface area contributed by atoms with Crippen LogP contribution < -0.4 is 9.46 Å². The topological polar surface area (TPSA) is 58.6 Å². The van der Waals surface area contributed by atoms with Gasteiger partial charge in [0.05, 0.1) is 11.8 Å². The van der Waals surface area contributed by atoms with Gasteiger partial charge in [-0.1, -0.05) is 25.1 Å². The number of nitrogens with zero attached hydrogens (tertiary/aromatic N) is 1. The largest absolute Gasteiger partial charge is 0.487 e. The van der Waals surface area contributed by atoms with Gasteiger partial charge < -0.3 is 9.64 Å². The molecule has 2 heterocycles. The minimum absolute atomic E-state index is 0.100. The van der Waals surface area contributed by atoms with Crippen molar-refractivity contribution in [3.63, 3.8) is 0 Å². The maximum atomic E-state index is 12.1. The predicted octanol–water partition coefficient (Wildman–Crippen LogP) is 2.30. The lowest BCUT2D eigenvalue weighted by Crippen LogP contribution is -2.52. The molecule has 5 nitrogen and oxygen atoms in total. The van der Waals surface area contributed by atoms with Crippen molar-refractivity contribution in [3.8, 4) is 5.75 Å². The summed E-state index contributed by atoms with van der Waals surface area (Å²) in [5.74, 6) is 0.927. The molecule has 1 unspecified atom stereocenters. The molecule has 2 aliphatic heterocycles. The van der Waals surface area contributed by atoms with E-state index < -0.39 is 10.0 Å². The Labute approximate surface area is 139 Å². The molecule has 1 saturated heterocycles. The summed E-state index contributed by atoms with van der Waals surface area (Å²) in [4.78, 5) is 2.42. The minimum atomic E-state index is -3.25. The number of ether oxygens (including phenoxy) is 1. The summed E-state index contributed by atoms with van der Waals surface area (Å²) in [6.45, 7) is 6.91. The molecule has 1 aromatic rings. The van der Waals surface area contributed by atoms with E-state index in [1.807, 2.05) is 24.3 Å². The Morgan fingerprint density at radius 1 is 1.26 bits per heavy atom. The minimum Gasteiger partial charge on any atom is -0.487 e. The van der Waals surface area contributed by atoms with E-state index in [0.717, 1.165) is 43.8 Å². The molecule has 0 aromatic heterocycles. The molecule has 128 valence electrons. The van der Waals surface area contributed by atoms with Gasteiger partial charge in [0.1, 0.15) is 11.4 Å². The molecule has 0 bridgehead atoms. The van der Waals surface area contributed by atoms with Crippen LogP contribution in [-0.2, 0) is 10.0 Å². The van der Waals surface area contributed by atoms with Crippen LogP contribution in [0, 0.1) is 0 Å². The van der Waals surface area contributed by atoms with Crippen molar-refractivity contribution in [3.05, 3.63) is 29.8 Å². The first-order valence-corrected chi connectivity index (χ1v) is 10.1. The van der Waals surface area contributed by atoms with Gasteiger partial charge >= 0.3 is 0 Å². The lowest BCUT2D eigenvalue weighted by Gasteiger charge is -2.46. The van der Waals surface area contributed by atoms with Crippen LogP contribution >= 0.6 is 0 Å². The number of hydrogen-bond acceptors (Lipinski definition) is 4. The number of nitrogens with one attached hydrogen (secondary N) is 1. The molecule has 6 heteroatoms.